The minimum absolute atomic E-state index is 0.0579. The van der Waals surface area contributed by atoms with Gasteiger partial charge < -0.3 is 10.6 Å². The summed E-state index contributed by atoms with van der Waals surface area (Å²) < 4.78 is 0. The molecule has 0 bridgehead atoms. The van der Waals surface area contributed by atoms with Gasteiger partial charge in [0, 0.05) is 28.0 Å². The summed E-state index contributed by atoms with van der Waals surface area (Å²) in [4.78, 5) is 35.0. The molecule has 7 nitrogen and oxygen atoms in total. The first-order valence-electron chi connectivity index (χ1n) is 8.36. The van der Waals surface area contributed by atoms with Crippen LogP contribution in [0.3, 0.4) is 0 Å². The van der Waals surface area contributed by atoms with E-state index in [1.807, 2.05) is 0 Å². The number of hydrogen-bond acceptors (Lipinski definition) is 4. The normalized spacial score (nSPS) is 10.4. The second kappa shape index (κ2) is 9.13. The molecule has 3 aromatic carbocycles. The number of anilines is 2. The first-order chi connectivity index (χ1) is 14.2. The molecular formula is C20H12Cl3N3O4. The van der Waals surface area contributed by atoms with Crippen LogP contribution in [0.4, 0.5) is 17.1 Å². The third kappa shape index (κ3) is 5.07. The van der Waals surface area contributed by atoms with Crippen LogP contribution in [0.2, 0.25) is 15.1 Å². The van der Waals surface area contributed by atoms with Crippen molar-refractivity contribution in [1.82, 2.24) is 0 Å². The molecule has 0 atom stereocenters. The molecule has 0 aromatic heterocycles. The van der Waals surface area contributed by atoms with Crippen LogP contribution in [0.1, 0.15) is 20.7 Å². The maximum Gasteiger partial charge on any atom is 0.288 e. The summed E-state index contributed by atoms with van der Waals surface area (Å²) in [5.74, 6) is -0.957. The predicted molar refractivity (Wildman–Crippen MR) is 117 cm³/mol. The number of rotatable bonds is 5. The third-order valence-corrected chi connectivity index (χ3v) is 4.85. The van der Waals surface area contributed by atoms with E-state index in [1.165, 1.54) is 24.3 Å². The summed E-state index contributed by atoms with van der Waals surface area (Å²) in [6.07, 6.45) is 0. The fourth-order valence-electron chi connectivity index (χ4n) is 2.51. The summed E-state index contributed by atoms with van der Waals surface area (Å²) in [6.45, 7) is 0. The van der Waals surface area contributed by atoms with Crippen LogP contribution >= 0.6 is 34.8 Å². The van der Waals surface area contributed by atoms with Crippen LogP contribution in [-0.4, -0.2) is 16.7 Å². The Hall–Kier alpha value is -3.13. The number of amides is 2. The standard InChI is InChI=1S/C20H12Cl3N3O4/c21-12-2-7-15(17(23)10-12)20(28)25-14-5-3-13(4-6-14)24-19(27)11-1-8-16(22)18(9-11)26(29)30/h1-10H,(H,24,27)(H,25,28). The molecule has 0 saturated heterocycles. The lowest BCUT2D eigenvalue weighted by molar-refractivity contribution is -0.384. The molecule has 0 spiro atoms. The van der Waals surface area contributed by atoms with Crippen molar-refractivity contribution in [1.29, 1.82) is 0 Å². The lowest BCUT2D eigenvalue weighted by Crippen LogP contribution is -2.13. The third-order valence-electron chi connectivity index (χ3n) is 3.98. The zero-order chi connectivity index (χ0) is 21.8. The number of hydrogen-bond donors (Lipinski definition) is 2. The van der Waals surface area contributed by atoms with Gasteiger partial charge >= 0.3 is 0 Å². The first kappa shape index (κ1) is 21.6. The second-order valence-electron chi connectivity index (χ2n) is 6.03. The lowest BCUT2D eigenvalue weighted by atomic mass is 10.1. The molecular weight excluding hydrogens is 453 g/mol. The highest BCUT2D eigenvalue weighted by molar-refractivity contribution is 6.37. The van der Waals surface area contributed by atoms with Gasteiger partial charge in [-0.05, 0) is 54.6 Å². The topological polar surface area (TPSA) is 101 Å². The number of nitro groups is 1. The van der Waals surface area contributed by atoms with Gasteiger partial charge in [0.2, 0.25) is 0 Å². The molecule has 2 amide bonds. The molecule has 2 N–H and O–H groups in total. The quantitative estimate of drug-likeness (QED) is 0.354. The van der Waals surface area contributed by atoms with Gasteiger partial charge in [0.25, 0.3) is 17.5 Å². The highest BCUT2D eigenvalue weighted by atomic mass is 35.5. The molecule has 0 radical (unpaired) electrons. The Morgan fingerprint density at radius 3 is 1.93 bits per heavy atom. The molecule has 0 saturated carbocycles. The zero-order valence-corrected chi connectivity index (χ0v) is 17.3. The maximum absolute atomic E-state index is 12.3. The van der Waals surface area contributed by atoms with E-state index >= 15 is 0 Å². The smallest absolute Gasteiger partial charge is 0.288 e. The fourth-order valence-corrected chi connectivity index (χ4v) is 3.19. The van der Waals surface area contributed by atoms with Crippen molar-refractivity contribution in [2.45, 2.75) is 0 Å². The Balaban J connectivity index is 1.68. The van der Waals surface area contributed by atoms with Crippen LogP contribution in [0.5, 0.6) is 0 Å². The van der Waals surface area contributed by atoms with E-state index in [2.05, 4.69) is 10.6 Å². The van der Waals surface area contributed by atoms with Crippen molar-refractivity contribution >= 4 is 63.7 Å². The number of carbonyl (C=O) groups excluding carboxylic acids is 2. The number of halogens is 3. The van der Waals surface area contributed by atoms with Crippen molar-refractivity contribution in [2.24, 2.45) is 0 Å². The van der Waals surface area contributed by atoms with E-state index in [9.17, 15) is 19.7 Å². The Labute approximate surface area is 185 Å². The van der Waals surface area contributed by atoms with Gasteiger partial charge in [-0.2, -0.15) is 0 Å². The maximum atomic E-state index is 12.3. The van der Waals surface area contributed by atoms with Crippen molar-refractivity contribution in [3.05, 3.63) is 97.0 Å². The molecule has 0 aliphatic rings. The van der Waals surface area contributed by atoms with Crippen LogP contribution in [0.15, 0.2) is 60.7 Å². The van der Waals surface area contributed by atoms with Gasteiger partial charge in [0.15, 0.2) is 0 Å². The fraction of sp³-hybridized carbons (Fsp3) is 0. The highest BCUT2D eigenvalue weighted by Gasteiger charge is 2.16. The molecule has 0 aliphatic carbocycles. The van der Waals surface area contributed by atoms with Gasteiger partial charge in [-0.1, -0.05) is 34.8 Å². The van der Waals surface area contributed by atoms with Gasteiger partial charge in [0.05, 0.1) is 15.5 Å². The van der Waals surface area contributed by atoms with E-state index in [-0.39, 0.29) is 26.9 Å². The summed E-state index contributed by atoms with van der Waals surface area (Å²) in [7, 11) is 0. The largest absolute Gasteiger partial charge is 0.322 e. The molecule has 10 heteroatoms. The molecule has 152 valence electrons. The molecule has 0 heterocycles. The van der Waals surface area contributed by atoms with Gasteiger partial charge in [-0.25, -0.2) is 0 Å². The van der Waals surface area contributed by atoms with Gasteiger partial charge in [-0.15, -0.1) is 0 Å². The van der Waals surface area contributed by atoms with Crippen molar-refractivity contribution < 1.29 is 14.5 Å². The van der Waals surface area contributed by atoms with E-state index in [0.717, 1.165) is 6.07 Å². The predicted octanol–water partition coefficient (Wildman–Crippen LogP) is 6.06. The number of nitro benzene ring substituents is 1. The van der Waals surface area contributed by atoms with Gasteiger partial charge in [0.1, 0.15) is 5.02 Å². The molecule has 3 aromatic rings. The number of benzene rings is 3. The minimum atomic E-state index is -0.663. The SMILES string of the molecule is O=C(Nc1ccc(NC(=O)c2ccc(Cl)cc2Cl)cc1)c1ccc(Cl)c([N+](=O)[O-])c1. The summed E-state index contributed by atoms with van der Waals surface area (Å²) in [6, 6.07) is 14.6. The van der Waals surface area contributed by atoms with Gasteiger partial charge in [-0.3, -0.25) is 19.7 Å². The van der Waals surface area contributed by atoms with Crippen LogP contribution in [-0.2, 0) is 0 Å². The number of carbonyl (C=O) groups is 2. The Kier molecular flexibility index (Phi) is 6.56. The summed E-state index contributed by atoms with van der Waals surface area (Å²) >= 11 is 17.6. The number of nitrogens with one attached hydrogen (secondary N) is 2. The minimum Gasteiger partial charge on any atom is -0.322 e. The Morgan fingerprint density at radius 1 is 0.767 bits per heavy atom. The summed E-state index contributed by atoms with van der Waals surface area (Å²) in [5.41, 5.74) is 0.901. The van der Waals surface area contributed by atoms with E-state index in [1.54, 1.807) is 30.3 Å². The second-order valence-corrected chi connectivity index (χ2v) is 7.28. The Morgan fingerprint density at radius 2 is 1.37 bits per heavy atom. The molecule has 3 rings (SSSR count). The molecule has 0 fully saturated rings. The average Bonchev–Trinajstić information content (AvgIpc) is 2.69. The summed E-state index contributed by atoms with van der Waals surface area (Å²) in [5, 5.41) is 16.9. The van der Waals surface area contributed by atoms with E-state index in [0.29, 0.717) is 16.4 Å². The Bertz CT molecular complexity index is 1150. The molecule has 0 unspecified atom stereocenters. The zero-order valence-electron chi connectivity index (χ0n) is 15.0. The monoisotopic (exact) mass is 463 g/mol. The van der Waals surface area contributed by atoms with E-state index < -0.39 is 16.7 Å². The van der Waals surface area contributed by atoms with Crippen LogP contribution < -0.4 is 10.6 Å². The van der Waals surface area contributed by atoms with Crippen LogP contribution in [0, 0.1) is 10.1 Å². The van der Waals surface area contributed by atoms with E-state index in [4.69, 9.17) is 34.8 Å². The molecule has 30 heavy (non-hydrogen) atoms. The van der Waals surface area contributed by atoms with Crippen LogP contribution in [0.25, 0.3) is 0 Å². The van der Waals surface area contributed by atoms with Crippen molar-refractivity contribution in [3.63, 3.8) is 0 Å². The first-order valence-corrected chi connectivity index (χ1v) is 9.50. The van der Waals surface area contributed by atoms with Crippen molar-refractivity contribution in [2.75, 3.05) is 10.6 Å². The lowest BCUT2D eigenvalue weighted by Gasteiger charge is -2.09. The van der Waals surface area contributed by atoms with Crippen molar-refractivity contribution in [3.8, 4) is 0 Å². The highest BCUT2D eigenvalue weighted by Crippen LogP contribution is 2.26. The number of nitrogens with zero attached hydrogens (tertiary/aromatic N) is 1. The average molecular weight is 465 g/mol. The molecule has 0 aliphatic heterocycles.